The zero-order valence-corrected chi connectivity index (χ0v) is 15.1. The standard InChI is InChI=1S/C18H36O6/c1-3-5-7-8-9-11-13(10-6-4-2)23-18-17(22)16(21)15(20)14(12-19)24-18/h13-22H,3-12H2,1-2H3/t13?,14-,15-,16+,17-,18?/m1/s1. The molecule has 0 aromatic rings. The summed E-state index contributed by atoms with van der Waals surface area (Å²) >= 11 is 0. The molecule has 6 nitrogen and oxygen atoms in total. The van der Waals surface area contributed by atoms with Crippen molar-refractivity contribution < 1.29 is 29.9 Å². The Bertz CT molecular complexity index is 312. The van der Waals surface area contributed by atoms with Crippen LogP contribution < -0.4 is 0 Å². The second-order valence-corrected chi connectivity index (χ2v) is 6.80. The van der Waals surface area contributed by atoms with Crippen molar-refractivity contribution in [1.29, 1.82) is 0 Å². The van der Waals surface area contributed by atoms with Crippen molar-refractivity contribution in [3.63, 3.8) is 0 Å². The van der Waals surface area contributed by atoms with E-state index >= 15 is 0 Å². The van der Waals surface area contributed by atoms with Crippen LogP contribution in [0.2, 0.25) is 0 Å². The SMILES string of the molecule is CCCCCCCC(CCCC)OC1O[C@H](CO)[C@@H](O)[C@H](O)[C@H]1O. The summed E-state index contributed by atoms with van der Waals surface area (Å²) in [5, 5.41) is 39.0. The number of rotatable bonds is 12. The third-order valence-corrected chi connectivity index (χ3v) is 4.68. The molecule has 6 heteroatoms. The highest BCUT2D eigenvalue weighted by molar-refractivity contribution is 4.89. The number of hydrogen-bond acceptors (Lipinski definition) is 6. The second kappa shape index (κ2) is 12.2. The van der Waals surface area contributed by atoms with Crippen LogP contribution in [0.15, 0.2) is 0 Å². The Balaban J connectivity index is 2.53. The molecule has 0 aromatic carbocycles. The highest BCUT2D eigenvalue weighted by Gasteiger charge is 2.44. The van der Waals surface area contributed by atoms with E-state index in [4.69, 9.17) is 9.47 Å². The summed E-state index contributed by atoms with van der Waals surface area (Å²) < 4.78 is 11.4. The molecule has 0 radical (unpaired) electrons. The van der Waals surface area contributed by atoms with Gasteiger partial charge in [-0.05, 0) is 12.8 Å². The molecule has 1 heterocycles. The van der Waals surface area contributed by atoms with Crippen molar-refractivity contribution in [1.82, 2.24) is 0 Å². The fraction of sp³-hybridized carbons (Fsp3) is 1.00. The van der Waals surface area contributed by atoms with Crippen LogP contribution >= 0.6 is 0 Å². The molecule has 144 valence electrons. The zero-order chi connectivity index (χ0) is 17.9. The lowest BCUT2D eigenvalue weighted by molar-refractivity contribution is -0.312. The highest BCUT2D eigenvalue weighted by atomic mass is 16.7. The zero-order valence-electron chi connectivity index (χ0n) is 15.1. The van der Waals surface area contributed by atoms with Crippen LogP contribution in [-0.2, 0) is 9.47 Å². The summed E-state index contributed by atoms with van der Waals surface area (Å²) in [4.78, 5) is 0. The van der Waals surface area contributed by atoms with Crippen molar-refractivity contribution >= 4 is 0 Å². The normalized spacial score (nSPS) is 32.0. The predicted molar refractivity (Wildman–Crippen MR) is 91.5 cm³/mol. The Hall–Kier alpha value is -0.240. The van der Waals surface area contributed by atoms with E-state index in [0.29, 0.717) is 0 Å². The van der Waals surface area contributed by atoms with Gasteiger partial charge in [0.25, 0.3) is 0 Å². The summed E-state index contributed by atoms with van der Waals surface area (Å²) in [7, 11) is 0. The maximum atomic E-state index is 10.1. The average Bonchev–Trinajstić information content (AvgIpc) is 2.59. The molecular formula is C18H36O6. The van der Waals surface area contributed by atoms with Gasteiger partial charge in [0.1, 0.15) is 24.4 Å². The number of hydrogen-bond donors (Lipinski definition) is 4. The fourth-order valence-corrected chi connectivity index (χ4v) is 3.06. The van der Waals surface area contributed by atoms with Gasteiger partial charge in [-0.15, -0.1) is 0 Å². The van der Waals surface area contributed by atoms with Crippen molar-refractivity contribution in [2.75, 3.05) is 6.61 Å². The smallest absolute Gasteiger partial charge is 0.186 e. The summed E-state index contributed by atoms with van der Waals surface area (Å²) in [6, 6.07) is 0. The molecule has 1 fully saturated rings. The van der Waals surface area contributed by atoms with Crippen molar-refractivity contribution in [2.45, 2.75) is 108 Å². The van der Waals surface area contributed by atoms with Crippen molar-refractivity contribution in [2.24, 2.45) is 0 Å². The van der Waals surface area contributed by atoms with E-state index in [1.165, 1.54) is 19.3 Å². The predicted octanol–water partition coefficient (Wildman–Crippen LogP) is 1.72. The van der Waals surface area contributed by atoms with Gasteiger partial charge >= 0.3 is 0 Å². The maximum Gasteiger partial charge on any atom is 0.186 e. The van der Waals surface area contributed by atoms with Gasteiger partial charge in [-0.1, -0.05) is 58.8 Å². The van der Waals surface area contributed by atoms with Crippen LogP contribution in [0, 0.1) is 0 Å². The summed E-state index contributed by atoms with van der Waals surface area (Å²) in [5.41, 5.74) is 0. The van der Waals surface area contributed by atoms with Gasteiger partial charge in [-0.25, -0.2) is 0 Å². The Kier molecular flexibility index (Phi) is 11.1. The Morgan fingerprint density at radius 1 is 0.833 bits per heavy atom. The van der Waals surface area contributed by atoms with E-state index in [-0.39, 0.29) is 6.10 Å². The van der Waals surface area contributed by atoms with Gasteiger partial charge in [0, 0.05) is 0 Å². The molecule has 0 aromatic heterocycles. The molecule has 6 atom stereocenters. The van der Waals surface area contributed by atoms with Gasteiger partial charge < -0.3 is 29.9 Å². The number of aliphatic hydroxyl groups is 4. The minimum absolute atomic E-state index is 0.0481. The van der Waals surface area contributed by atoms with E-state index in [2.05, 4.69) is 13.8 Å². The summed E-state index contributed by atoms with van der Waals surface area (Å²) in [5.74, 6) is 0. The van der Waals surface area contributed by atoms with Crippen LogP contribution in [0.3, 0.4) is 0 Å². The fourth-order valence-electron chi connectivity index (χ4n) is 3.06. The molecular weight excluding hydrogens is 312 g/mol. The third kappa shape index (κ3) is 6.94. The topological polar surface area (TPSA) is 99.4 Å². The van der Waals surface area contributed by atoms with E-state index in [1.807, 2.05) is 0 Å². The van der Waals surface area contributed by atoms with Crippen LogP contribution in [0.5, 0.6) is 0 Å². The molecule has 0 saturated carbocycles. The molecule has 1 aliphatic heterocycles. The Labute approximate surface area is 145 Å². The number of ether oxygens (including phenoxy) is 2. The van der Waals surface area contributed by atoms with Gasteiger partial charge in [0.05, 0.1) is 12.7 Å². The minimum atomic E-state index is -1.38. The number of unbranched alkanes of at least 4 members (excludes halogenated alkanes) is 5. The monoisotopic (exact) mass is 348 g/mol. The minimum Gasteiger partial charge on any atom is -0.394 e. The highest BCUT2D eigenvalue weighted by Crippen LogP contribution is 2.25. The summed E-state index contributed by atoms with van der Waals surface area (Å²) in [6.45, 7) is 3.87. The Morgan fingerprint density at radius 3 is 2.08 bits per heavy atom. The van der Waals surface area contributed by atoms with Crippen LogP contribution in [-0.4, -0.2) is 63.8 Å². The van der Waals surface area contributed by atoms with Crippen molar-refractivity contribution in [3.05, 3.63) is 0 Å². The molecule has 0 spiro atoms. The van der Waals surface area contributed by atoms with Crippen molar-refractivity contribution in [3.8, 4) is 0 Å². The average molecular weight is 348 g/mol. The van der Waals surface area contributed by atoms with E-state index < -0.39 is 37.3 Å². The van der Waals surface area contributed by atoms with Gasteiger partial charge in [0.2, 0.25) is 0 Å². The molecule has 24 heavy (non-hydrogen) atoms. The first-order chi connectivity index (χ1) is 11.5. The molecule has 2 unspecified atom stereocenters. The molecule has 4 N–H and O–H groups in total. The van der Waals surface area contributed by atoms with E-state index in [0.717, 1.165) is 38.5 Å². The van der Waals surface area contributed by atoms with Crippen LogP contribution in [0.1, 0.15) is 71.6 Å². The molecule has 0 amide bonds. The van der Waals surface area contributed by atoms with Crippen LogP contribution in [0.25, 0.3) is 0 Å². The molecule has 0 aliphatic carbocycles. The third-order valence-electron chi connectivity index (χ3n) is 4.68. The van der Waals surface area contributed by atoms with Gasteiger partial charge in [-0.3, -0.25) is 0 Å². The molecule has 1 rings (SSSR count). The first-order valence-corrected chi connectivity index (χ1v) is 9.51. The van der Waals surface area contributed by atoms with Gasteiger partial charge in [0.15, 0.2) is 6.29 Å². The second-order valence-electron chi connectivity index (χ2n) is 6.80. The first-order valence-electron chi connectivity index (χ1n) is 9.51. The molecule has 1 aliphatic rings. The molecule has 0 bridgehead atoms. The lowest BCUT2D eigenvalue weighted by Crippen LogP contribution is -2.59. The first kappa shape index (κ1) is 21.8. The van der Waals surface area contributed by atoms with E-state index in [1.54, 1.807) is 0 Å². The lowest BCUT2D eigenvalue weighted by Gasteiger charge is -2.41. The lowest BCUT2D eigenvalue weighted by atomic mass is 9.99. The van der Waals surface area contributed by atoms with Crippen LogP contribution in [0.4, 0.5) is 0 Å². The quantitative estimate of drug-likeness (QED) is 0.401. The summed E-state index contributed by atoms with van der Waals surface area (Å²) in [6.07, 6.45) is 3.73. The number of aliphatic hydroxyl groups excluding tert-OH is 4. The van der Waals surface area contributed by atoms with Gasteiger partial charge in [-0.2, -0.15) is 0 Å². The van der Waals surface area contributed by atoms with E-state index in [9.17, 15) is 20.4 Å². The largest absolute Gasteiger partial charge is 0.394 e. The maximum absolute atomic E-state index is 10.1. The Morgan fingerprint density at radius 2 is 1.46 bits per heavy atom. The molecule has 1 saturated heterocycles.